The van der Waals surface area contributed by atoms with Gasteiger partial charge in [0.25, 0.3) is 0 Å². The molecular weight excluding hydrogens is 254 g/mol. The summed E-state index contributed by atoms with van der Waals surface area (Å²) in [5.74, 6) is 0.150. The molecule has 1 aromatic rings. The van der Waals surface area contributed by atoms with Crippen LogP contribution < -0.4 is 10.1 Å². The van der Waals surface area contributed by atoms with Gasteiger partial charge >= 0.3 is 5.97 Å². The molecule has 2 N–H and O–H groups in total. The average Bonchev–Trinajstić information content (AvgIpc) is 2.46. The van der Waals surface area contributed by atoms with Crippen molar-refractivity contribution in [2.24, 2.45) is 0 Å². The van der Waals surface area contributed by atoms with E-state index in [1.54, 1.807) is 7.11 Å². The van der Waals surface area contributed by atoms with Gasteiger partial charge in [0.2, 0.25) is 0 Å². The van der Waals surface area contributed by atoms with Crippen molar-refractivity contribution in [2.45, 2.75) is 51.1 Å². The van der Waals surface area contributed by atoms with Gasteiger partial charge < -0.3 is 15.2 Å². The highest BCUT2D eigenvalue weighted by Gasteiger charge is 2.24. The molecule has 1 aromatic carbocycles. The monoisotopic (exact) mass is 277 g/mol. The lowest BCUT2D eigenvalue weighted by atomic mass is 9.87. The molecule has 0 saturated carbocycles. The van der Waals surface area contributed by atoms with Gasteiger partial charge in [-0.15, -0.1) is 0 Å². The number of nitrogens with one attached hydrogen (secondary N) is 1. The SMILES string of the molecule is CCC[C@H](NC1CCc2cc(OC)ccc2C1)C(=O)O. The van der Waals surface area contributed by atoms with Crippen LogP contribution in [0, 0.1) is 0 Å². The Hall–Kier alpha value is -1.55. The fourth-order valence-electron chi connectivity index (χ4n) is 2.85. The van der Waals surface area contributed by atoms with E-state index in [9.17, 15) is 9.90 Å². The summed E-state index contributed by atoms with van der Waals surface area (Å²) in [6.45, 7) is 2.01. The van der Waals surface area contributed by atoms with Gasteiger partial charge in [0.15, 0.2) is 0 Å². The molecule has 1 aliphatic carbocycles. The van der Waals surface area contributed by atoms with Crippen LogP contribution in [0.2, 0.25) is 0 Å². The summed E-state index contributed by atoms with van der Waals surface area (Å²) in [4.78, 5) is 11.2. The second kappa shape index (κ2) is 6.75. The molecule has 0 heterocycles. The van der Waals surface area contributed by atoms with Gasteiger partial charge in [-0.1, -0.05) is 19.4 Å². The van der Waals surface area contributed by atoms with Gasteiger partial charge in [0.05, 0.1) is 7.11 Å². The number of benzene rings is 1. The molecule has 0 saturated heterocycles. The number of carboxylic acids is 1. The van der Waals surface area contributed by atoms with E-state index in [2.05, 4.69) is 17.4 Å². The smallest absolute Gasteiger partial charge is 0.320 e. The van der Waals surface area contributed by atoms with E-state index in [0.717, 1.165) is 31.4 Å². The standard InChI is InChI=1S/C16H23NO3/c1-3-4-15(16(18)19)17-13-7-5-12-10-14(20-2)8-6-11(12)9-13/h6,8,10,13,15,17H,3-5,7,9H2,1-2H3,(H,18,19)/t13?,15-/m0/s1. The van der Waals surface area contributed by atoms with Crippen LogP contribution >= 0.6 is 0 Å². The number of aryl methyl sites for hydroxylation is 1. The van der Waals surface area contributed by atoms with Crippen molar-refractivity contribution in [3.05, 3.63) is 29.3 Å². The third kappa shape index (κ3) is 3.51. The van der Waals surface area contributed by atoms with Crippen molar-refractivity contribution in [2.75, 3.05) is 7.11 Å². The first kappa shape index (κ1) is 14.9. The van der Waals surface area contributed by atoms with Gasteiger partial charge in [-0.2, -0.15) is 0 Å². The highest BCUT2D eigenvalue weighted by Crippen LogP contribution is 2.25. The summed E-state index contributed by atoms with van der Waals surface area (Å²) < 4.78 is 5.24. The van der Waals surface area contributed by atoms with Crippen molar-refractivity contribution in [1.82, 2.24) is 5.32 Å². The molecule has 1 aliphatic rings. The molecule has 0 bridgehead atoms. The number of fused-ring (bicyclic) bond motifs is 1. The maximum Gasteiger partial charge on any atom is 0.320 e. The van der Waals surface area contributed by atoms with Crippen LogP contribution in [0.15, 0.2) is 18.2 Å². The van der Waals surface area contributed by atoms with E-state index in [-0.39, 0.29) is 6.04 Å². The Morgan fingerprint density at radius 1 is 1.50 bits per heavy atom. The van der Waals surface area contributed by atoms with Crippen molar-refractivity contribution < 1.29 is 14.6 Å². The van der Waals surface area contributed by atoms with Gasteiger partial charge in [-0.25, -0.2) is 0 Å². The zero-order chi connectivity index (χ0) is 14.5. The third-order valence-electron chi connectivity index (χ3n) is 3.95. The van der Waals surface area contributed by atoms with Crippen LogP contribution in [-0.2, 0) is 17.6 Å². The number of ether oxygens (including phenoxy) is 1. The molecule has 4 nitrogen and oxygen atoms in total. The van der Waals surface area contributed by atoms with Gasteiger partial charge in [-0.05, 0) is 48.9 Å². The Morgan fingerprint density at radius 3 is 2.95 bits per heavy atom. The van der Waals surface area contributed by atoms with E-state index < -0.39 is 12.0 Å². The van der Waals surface area contributed by atoms with E-state index in [1.807, 2.05) is 13.0 Å². The Balaban J connectivity index is 2.01. The largest absolute Gasteiger partial charge is 0.497 e. The van der Waals surface area contributed by atoms with Crippen molar-refractivity contribution in [3.63, 3.8) is 0 Å². The summed E-state index contributed by atoms with van der Waals surface area (Å²) in [5.41, 5.74) is 2.62. The molecular formula is C16H23NO3. The summed E-state index contributed by atoms with van der Waals surface area (Å²) in [7, 11) is 1.68. The number of methoxy groups -OCH3 is 1. The zero-order valence-electron chi connectivity index (χ0n) is 12.2. The van der Waals surface area contributed by atoms with Crippen LogP contribution in [0.5, 0.6) is 5.75 Å². The first-order valence-electron chi connectivity index (χ1n) is 7.28. The molecule has 2 rings (SSSR count). The zero-order valence-corrected chi connectivity index (χ0v) is 12.2. The summed E-state index contributed by atoms with van der Waals surface area (Å²) in [5, 5.41) is 12.5. The highest BCUT2D eigenvalue weighted by molar-refractivity contribution is 5.73. The molecule has 110 valence electrons. The fourth-order valence-corrected chi connectivity index (χ4v) is 2.85. The third-order valence-corrected chi connectivity index (χ3v) is 3.95. The molecule has 1 unspecified atom stereocenters. The van der Waals surface area contributed by atoms with Crippen LogP contribution in [0.1, 0.15) is 37.3 Å². The lowest BCUT2D eigenvalue weighted by Gasteiger charge is -2.28. The summed E-state index contributed by atoms with van der Waals surface area (Å²) >= 11 is 0. The molecule has 20 heavy (non-hydrogen) atoms. The van der Waals surface area contributed by atoms with E-state index >= 15 is 0 Å². The minimum absolute atomic E-state index is 0.253. The number of carbonyl (C=O) groups is 1. The molecule has 0 radical (unpaired) electrons. The van der Waals surface area contributed by atoms with Crippen LogP contribution in [-0.4, -0.2) is 30.3 Å². The van der Waals surface area contributed by atoms with Crippen LogP contribution in [0.4, 0.5) is 0 Å². The van der Waals surface area contributed by atoms with Crippen molar-refractivity contribution in [3.8, 4) is 5.75 Å². The van der Waals surface area contributed by atoms with E-state index in [0.29, 0.717) is 6.42 Å². The van der Waals surface area contributed by atoms with Gasteiger partial charge in [0, 0.05) is 6.04 Å². The van der Waals surface area contributed by atoms with E-state index in [4.69, 9.17) is 4.74 Å². The topological polar surface area (TPSA) is 58.6 Å². The molecule has 0 amide bonds. The first-order valence-corrected chi connectivity index (χ1v) is 7.28. The van der Waals surface area contributed by atoms with Crippen LogP contribution in [0.25, 0.3) is 0 Å². The normalized spacial score (nSPS) is 19.2. The summed E-state index contributed by atoms with van der Waals surface area (Å²) in [6, 6.07) is 5.99. The number of hydrogen-bond acceptors (Lipinski definition) is 3. The van der Waals surface area contributed by atoms with Crippen molar-refractivity contribution >= 4 is 5.97 Å². The molecule has 0 aliphatic heterocycles. The Kier molecular flexibility index (Phi) is 5.01. The molecule has 2 atom stereocenters. The molecule has 4 heteroatoms. The predicted octanol–water partition coefficient (Wildman–Crippen LogP) is 2.40. The Morgan fingerprint density at radius 2 is 2.30 bits per heavy atom. The van der Waals surface area contributed by atoms with Crippen molar-refractivity contribution in [1.29, 1.82) is 0 Å². The number of rotatable bonds is 6. The number of aliphatic carboxylic acids is 1. The van der Waals surface area contributed by atoms with E-state index in [1.165, 1.54) is 11.1 Å². The predicted molar refractivity (Wildman–Crippen MR) is 78.3 cm³/mol. The lowest BCUT2D eigenvalue weighted by molar-refractivity contribution is -0.139. The minimum atomic E-state index is -0.743. The fraction of sp³-hybridized carbons (Fsp3) is 0.562. The Bertz CT molecular complexity index is 473. The van der Waals surface area contributed by atoms with Crippen LogP contribution in [0.3, 0.4) is 0 Å². The first-order chi connectivity index (χ1) is 9.63. The maximum atomic E-state index is 11.2. The molecule has 0 aromatic heterocycles. The number of hydrogen-bond donors (Lipinski definition) is 2. The second-order valence-electron chi connectivity index (χ2n) is 5.42. The van der Waals surface area contributed by atoms with Gasteiger partial charge in [-0.3, -0.25) is 4.79 Å². The lowest BCUT2D eigenvalue weighted by Crippen LogP contribution is -2.45. The average molecular weight is 277 g/mol. The quantitative estimate of drug-likeness (QED) is 0.838. The van der Waals surface area contributed by atoms with Gasteiger partial charge in [0.1, 0.15) is 11.8 Å². The molecule has 0 spiro atoms. The highest BCUT2D eigenvalue weighted by atomic mass is 16.5. The minimum Gasteiger partial charge on any atom is -0.497 e. The second-order valence-corrected chi connectivity index (χ2v) is 5.42. The molecule has 0 fully saturated rings. The maximum absolute atomic E-state index is 11.2. The Labute approximate surface area is 120 Å². The summed E-state index contributed by atoms with van der Waals surface area (Å²) in [6.07, 6.45) is 4.41. The number of carboxylic acid groups (broad SMARTS) is 1.